The molecule has 2 aliphatic heterocycles. The van der Waals surface area contributed by atoms with Crippen molar-refractivity contribution in [2.45, 2.75) is 138 Å². The molecule has 3 heterocycles. The number of para-hydroxylation sites is 2. The topological polar surface area (TPSA) is 186 Å². The molecule has 0 unspecified atom stereocenters. The van der Waals surface area contributed by atoms with Crippen LogP contribution in [0.15, 0.2) is 36.9 Å². The lowest BCUT2D eigenvalue weighted by atomic mass is 9.96. The largest absolute Gasteiger partial charge is 0.471 e. The lowest BCUT2D eigenvalue weighted by Crippen LogP contribution is -2.59. The molecule has 15 heteroatoms. The van der Waals surface area contributed by atoms with Crippen LogP contribution in [0.5, 0.6) is 5.88 Å². The highest BCUT2D eigenvalue weighted by Gasteiger charge is 2.62. The van der Waals surface area contributed by atoms with E-state index in [1.54, 1.807) is 0 Å². The number of benzene rings is 1. The van der Waals surface area contributed by atoms with E-state index >= 15 is 0 Å². The molecule has 7 atom stereocenters. The second-order valence-electron chi connectivity index (χ2n) is 16.5. The van der Waals surface area contributed by atoms with Crippen molar-refractivity contribution in [1.29, 1.82) is 0 Å². The molecule has 1 aromatic carbocycles. The van der Waals surface area contributed by atoms with Gasteiger partial charge in [0.2, 0.25) is 27.7 Å². The van der Waals surface area contributed by atoms with Crippen molar-refractivity contribution in [3.63, 3.8) is 0 Å². The van der Waals surface area contributed by atoms with Gasteiger partial charge in [-0.3, -0.25) is 19.1 Å². The molecular formula is C40H52N6O8S. The number of amides is 4. The standard InChI is InChI=1S/C40H52N6O8S/c1-2-26-22-40(26,38(49)45-55(51,52)28-19-20-28)44-35(47)32-21-27-23-46(32)37(48)34(25-12-6-7-13-25)43-39(50)54-33-18-10-14-24(33)11-4-3-5-17-31-36(53-27)42-30-16-9-8-15-29(30)41-31/h2,8-9,15-16,24-28,32-34H,1,3-7,10-14,17-23H2,(H,43,50)(H,44,47)(H,45,49)/t24-,26-,27-,32+,33-,34+,40+/m1/s1. The van der Waals surface area contributed by atoms with E-state index in [-0.39, 0.29) is 37.3 Å². The fraction of sp³-hybridized carbons (Fsp3) is 0.650. The summed E-state index contributed by atoms with van der Waals surface area (Å²) in [5, 5.41) is 5.18. The van der Waals surface area contributed by atoms with Crippen molar-refractivity contribution in [1.82, 2.24) is 30.2 Å². The Morgan fingerprint density at radius 2 is 1.62 bits per heavy atom. The Morgan fingerprint density at radius 3 is 2.35 bits per heavy atom. The molecule has 296 valence electrons. The highest BCUT2D eigenvalue weighted by molar-refractivity contribution is 7.91. The average molecular weight is 777 g/mol. The second-order valence-corrected chi connectivity index (χ2v) is 18.5. The molecule has 5 fully saturated rings. The Labute approximate surface area is 322 Å². The zero-order valence-electron chi connectivity index (χ0n) is 31.2. The van der Waals surface area contributed by atoms with Crippen molar-refractivity contribution in [2.75, 3.05) is 6.54 Å². The normalized spacial score (nSPS) is 31.9. The van der Waals surface area contributed by atoms with Gasteiger partial charge in [0.1, 0.15) is 35.5 Å². The zero-order valence-corrected chi connectivity index (χ0v) is 32.1. The number of nitrogens with zero attached hydrogens (tertiary/aromatic N) is 3. The molecule has 3 N–H and O–H groups in total. The van der Waals surface area contributed by atoms with E-state index in [0.29, 0.717) is 36.4 Å². The molecule has 4 saturated carbocycles. The number of rotatable bonds is 7. The number of hydrogen-bond donors (Lipinski definition) is 3. The van der Waals surface area contributed by atoms with Crippen molar-refractivity contribution in [3.05, 3.63) is 42.6 Å². The van der Waals surface area contributed by atoms with Gasteiger partial charge in [0.15, 0.2) is 0 Å². The number of hydrogen-bond acceptors (Lipinski definition) is 10. The summed E-state index contributed by atoms with van der Waals surface area (Å²) >= 11 is 0. The number of carbonyl (C=O) groups excluding carboxylic acids is 4. The lowest BCUT2D eigenvalue weighted by molar-refractivity contribution is -0.142. The van der Waals surface area contributed by atoms with E-state index in [2.05, 4.69) is 21.9 Å². The maximum atomic E-state index is 14.8. The number of fused-ring (bicyclic) bond motifs is 5. The number of ether oxygens (including phenoxy) is 2. The average Bonchev–Trinajstić information content (AvgIpc) is 3.95. The molecule has 0 spiro atoms. The van der Waals surface area contributed by atoms with Gasteiger partial charge in [0, 0.05) is 12.3 Å². The van der Waals surface area contributed by atoms with Crippen LogP contribution in [0.1, 0.15) is 102 Å². The number of sulfonamides is 1. The predicted octanol–water partition coefficient (Wildman–Crippen LogP) is 4.22. The van der Waals surface area contributed by atoms with E-state index in [1.165, 1.54) is 11.0 Å². The molecule has 4 amide bonds. The quantitative estimate of drug-likeness (QED) is 0.344. The molecule has 6 aliphatic rings. The SMILES string of the molecule is C=C[C@@H]1C[C@@]1(NC(=O)[C@@H]1C[C@@H]2CN1C(=O)[C@H](C1CCCC1)NC(=O)O[C@@H]1CCC[C@H]1CCCCCc1nc3ccccc3nc1O2)C(=O)NS(=O)(=O)C1CC1. The van der Waals surface area contributed by atoms with Crippen LogP contribution >= 0.6 is 0 Å². The van der Waals surface area contributed by atoms with Crippen molar-refractivity contribution in [3.8, 4) is 5.88 Å². The van der Waals surface area contributed by atoms with Gasteiger partial charge >= 0.3 is 6.09 Å². The van der Waals surface area contributed by atoms with Crippen molar-refractivity contribution >= 4 is 44.9 Å². The molecule has 2 bridgehead atoms. The second kappa shape index (κ2) is 15.3. The predicted molar refractivity (Wildman–Crippen MR) is 202 cm³/mol. The van der Waals surface area contributed by atoms with Crippen LogP contribution in [-0.4, -0.2) is 88.7 Å². The molecule has 1 aromatic heterocycles. The monoisotopic (exact) mass is 776 g/mol. The van der Waals surface area contributed by atoms with E-state index in [1.807, 2.05) is 24.3 Å². The maximum Gasteiger partial charge on any atom is 0.408 e. The number of aromatic nitrogens is 2. The summed E-state index contributed by atoms with van der Waals surface area (Å²) < 4.78 is 40.4. The van der Waals surface area contributed by atoms with Crippen molar-refractivity contribution < 1.29 is 37.1 Å². The summed E-state index contributed by atoms with van der Waals surface area (Å²) in [7, 11) is -3.89. The highest BCUT2D eigenvalue weighted by atomic mass is 32.2. The first-order valence-electron chi connectivity index (χ1n) is 20.2. The van der Waals surface area contributed by atoms with Gasteiger partial charge in [-0.15, -0.1) is 6.58 Å². The van der Waals surface area contributed by atoms with Crippen LogP contribution in [0.3, 0.4) is 0 Å². The minimum atomic E-state index is -3.89. The van der Waals surface area contributed by atoms with Gasteiger partial charge in [0.25, 0.3) is 5.91 Å². The summed E-state index contributed by atoms with van der Waals surface area (Å²) in [5.41, 5.74) is 0.603. The molecule has 0 radical (unpaired) electrons. The van der Waals surface area contributed by atoms with Crippen LogP contribution in [0, 0.1) is 17.8 Å². The third-order valence-electron chi connectivity index (χ3n) is 12.7. The Balaban J connectivity index is 1.12. The number of aryl methyl sites for hydroxylation is 1. The van der Waals surface area contributed by atoms with Gasteiger partial charge < -0.3 is 25.0 Å². The number of alkyl carbamates (subject to hydrolysis) is 1. The molecule has 55 heavy (non-hydrogen) atoms. The summed E-state index contributed by atoms with van der Waals surface area (Å²) in [5.74, 6) is -1.88. The molecular weight excluding hydrogens is 725 g/mol. The molecule has 14 nitrogen and oxygen atoms in total. The van der Waals surface area contributed by atoms with Gasteiger partial charge in [-0.2, -0.15) is 0 Å². The van der Waals surface area contributed by atoms with Crippen LogP contribution < -0.4 is 20.1 Å². The van der Waals surface area contributed by atoms with Gasteiger partial charge in [0.05, 0.1) is 22.8 Å². The molecule has 8 rings (SSSR count). The Kier molecular flexibility index (Phi) is 10.5. The first-order chi connectivity index (χ1) is 26.5. The molecule has 1 saturated heterocycles. The maximum absolute atomic E-state index is 14.8. The summed E-state index contributed by atoms with van der Waals surface area (Å²) in [6, 6.07) is 5.56. The van der Waals surface area contributed by atoms with Gasteiger partial charge in [-0.1, -0.05) is 43.9 Å². The van der Waals surface area contributed by atoms with E-state index in [4.69, 9.17) is 19.4 Å². The summed E-state index contributed by atoms with van der Waals surface area (Å²) in [4.78, 5) is 67.7. The molecule has 4 aliphatic carbocycles. The van der Waals surface area contributed by atoms with E-state index < -0.39 is 68.7 Å². The van der Waals surface area contributed by atoms with E-state index in [9.17, 15) is 27.6 Å². The first kappa shape index (κ1) is 37.6. The van der Waals surface area contributed by atoms with Crippen molar-refractivity contribution in [2.24, 2.45) is 17.8 Å². The Hall–Kier alpha value is -4.27. The minimum Gasteiger partial charge on any atom is -0.471 e. The Morgan fingerprint density at radius 1 is 0.909 bits per heavy atom. The summed E-state index contributed by atoms with van der Waals surface area (Å²) in [6.07, 6.45) is 11.7. The number of carbonyl (C=O) groups is 4. The minimum absolute atomic E-state index is 0.0235. The zero-order chi connectivity index (χ0) is 38.3. The smallest absolute Gasteiger partial charge is 0.408 e. The van der Waals surface area contributed by atoms with Gasteiger partial charge in [-0.05, 0) is 94.6 Å². The van der Waals surface area contributed by atoms with Gasteiger partial charge in [-0.25, -0.2) is 23.2 Å². The van der Waals surface area contributed by atoms with Crippen LogP contribution in [0.4, 0.5) is 4.79 Å². The summed E-state index contributed by atoms with van der Waals surface area (Å²) in [6.45, 7) is 3.84. The molecule has 2 aromatic rings. The van der Waals surface area contributed by atoms with Crippen LogP contribution in [0.25, 0.3) is 11.0 Å². The van der Waals surface area contributed by atoms with E-state index in [0.717, 1.165) is 76.1 Å². The third-order valence-corrected chi connectivity index (χ3v) is 14.5. The third kappa shape index (κ3) is 7.90. The fourth-order valence-corrected chi connectivity index (χ4v) is 10.7. The van der Waals surface area contributed by atoms with Crippen LogP contribution in [-0.2, 0) is 35.6 Å². The first-order valence-corrected chi connectivity index (χ1v) is 21.8. The lowest BCUT2D eigenvalue weighted by Gasteiger charge is -2.32. The van der Waals surface area contributed by atoms with Crippen LogP contribution in [0.2, 0.25) is 0 Å². The Bertz CT molecular complexity index is 1950. The fourth-order valence-electron chi connectivity index (χ4n) is 9.34. The number of nitrogens with one attached hydrogen (secondary N) is 3. The highest BCUT2D eigenvalue weighted by Crippen LogP contribution is 2.46.